The molecular weight excluding hydrogens is 254 g/mol. The molecule has 0 bridgehead atoms. The highest BCUT2D eigenvalue weighted by Crippen LogP contribution is 2.33. The lowest BCUT2D eigenvalue weighted by Crippen LogP contribution is -2.32. The predicted octanol–water partition coefficient (Wildman–Crippen LogP) is 3.61. The highest BCUT2D eigenvalue weighted by molar-refractivity contribution is 7.15. The van der Waals surface area contributed by atoms with Gasteiger partial charge in [0, 0.05) is 24.5 Å². The first kappa shape index (κ1) is 14.8. The van der Waals surface area contributed by atoms with E-state index in [1.165, 1.54) is 41.5 Å². The van der Waals surface area contributed by atoms with Crippen molar-refractivity contribution >= 4 is 16.5 Å². The van der Waals surface area contributed by atoms with Crippen molar-refractivity contribution in [2.75, 3.05) is 25.0 Å². The van der Waals surface area contributed by atoms with Crippen LogP contribution in [-0.2, 0) is 6.54 Å². The molecule has 1 aliphatic rings. The van der Waals surface area contributed by atoms with Crippen molar-refractivity contribution in [3.05, 3.63) is 10.6 Å². The Hall–Kier alpha value is -0.610. The molecule has 108 valence electrons. The Kier molecular flexibility index (Phi) is 5.22. The van der Waals surface area contributed by atoms with Gasteiger partial charge in [-0.15, -0.1) is 11.3 Å². The number of hydrogen-bond donors (Lipinski definition) is 1. The Labute approximate surface area is 121 Å². The quantitative estimate of drug-likeness (QED) is 0.827. The van der Waals surface area contributed by atoms with E-state index in [2.05, 4.69) is 31.0 Å². The van der Waals surface area contributed by atoms with Gasteiger partial charge in [0.25, 0.3) is 0 Å². The Balaban J connectivity index is 2.14. The number of nitrogens with one attached hydrogen (secondary N) is 1. The number of nitrogens with zero attached hydrogens (tertiary/aromatic N) is 2. The van der Waals surface area contributed by atoms with E-state index in [1.54, 1.807) is 0 Å². The van der Waals surface area contributed by atoms with Gasteiger partial charge in [0.05, 0.1) is 5.69 Å². The van der Waals surface area contributed by atoms with Crippen LogP contribution in [0.2, 0.25) is 0 Å². The highest BCUT2D eigenvalue weighted by atomic mass is 32.1. The van der Waals surface area contributed by atoms with Crippen LogP contribution >= 0.6 is 11.3 Å². The first-order valence-electron chi connectivity index (χ1n) is 7.54. The molecule has 1 fully saturated rings. The van der Waals surface area contributed by atoms with Crippen LogP contribution in [0.4, 0.5) is 5.13 Å². The first-order valence-corrected chi connectivity index (χ1v) is 8.36. The summed E-state index contributed by atoms with van der Waals surface area (Å²) in [4.78, 5) is 8.79. The van der Waals surface area contributed by atoms with E-state index in [9.17, 15) is 0 Å². The second-order valence-electron chi connectivity index (χ2n) is 5.83. The van der Waals surface area contributed by atoms with E-state index in [0.717, 1.165) is 19.0 Å². The molecule has 0 spiro atoms. The molecular formula is C15H27N3S. The summed E-state index contributed by atoms with van der Waals surface area (Å²) < 4.78 is 0. The van der Waals surface area contributed by atoms with E-state index in [-0.39, 0.29) is 0 Å². The summed E-state index contributed by atoms with van der Waals surface area (Å²) in [5.41, 5.74) is 1.28. The molecule has 0 atom stereocenters. The average molecular weight is 281 g/mol. The maximum Gasteiger partial charge on any atom is 0.185 e. The maximum atomic E-state index is 4.92. The van der Waals surface area contributed by atoms with Crippen molar-refractivity contribution in [3.8, 4) is 0 Å². The molecule has 0 aromatic carbocycles. The van der Waals surface area contributed by atoms with E-state index >= 15 is 0 Å². The van der Waals surface area contributed by atoms with Crippen molar-refractivity contribution < 1.29 is 0 Å². The molecule has 2 rings (SSSR count). The van der Waals surface area contributed by atoms with Gasteiger partial charge in [-0.05, 0) is 38.6 Å². The minimum atomic E-state index is 0.510. The van der Waals surface area contributed by atoms with Crippen molar-refractivity contribution in [2.45, 2.75) is 52.5 Å². The average Bonchev–Trinajstić information content (AvgIpc) is 2.72. The zero-order chi connectivity index (χ0) is 13.8. The highest BCUT2D eigenvalue weighted by Gasteiger charge is 2.23. The third-order valence-electron chi connectivity index (χ3n) is 3.96. The predicted molar refractivity (Wildman–Crippen MR) is 84.2 cm³/mol. The zero-order valence-electron chi connectivity index (χ0n) is 12.7. The number of anilines is 1. The van der Waals surface area contributed by atoms with Gasteiger partial charge in [0.1, 0.15) is 0 Å². The minimum Gasteiger partial charge on any atom is -0.348 e. The standard InChI is InChI=1S/C15H27N3S/c1-5-18(10-12-7-6-8-12)15-17-14(11(2)3)13(19-15)9-16-4/h11-12,16H,5-10H2,1-4H3. The summed E-state index contributed by atoms with van der Waals surface area (Å²) in [6, 6.07) is 0. The lowest BCUT2D eigenvalue weighted by Gasteiger charge is -2.31. The molecule has 1 aliphatic carbocycles. The van der Waals surface area contributed by atoms with Crippen LogP contribution in [0.25, 0.3) is 0 Å². The topological polar surface area (TPSA) is 28.2 Å². The Morgan fingerprint density at radius 2 is 2.16 bits per heavy atom. The van der Waals surface area contributed by atoms with Crippen LogP contribution < -0.4 is 10.2 Å². The molecule has 0 saturated heterocycles. The van der Waals surface area contributed by atoms with E-state index in [0.29, 0.717) is 5.92 Å². The fourth-order valence-corrected chi connectivity index (χ4v) is 3.85. The molecule has 0 amide bonds. The molecule has 0 radical (unpaired) electrons. The van der Waals surface area contributed by atoms with Gasteiger partial charge < -0.3 is 10.2 Å². The van der Waals surface area contributed by atoms with Gasteiger partial charge in [-0.25, -0.2) is 4.98 Å². The van der Waals surface area contributed by atoms with Crippen molar-refractivity contribution in [1.82, 2.24) is 10.3 Å². The molecule has 4 heteroatoms. The molecule has 0 aliphatic heterocycles. The minimum absolute atomic E-state index is 0.510. The van der Waals surface area contributed by atoms with Crippen LogP contribution in [0.3, 0.4) is 0 Å². The van der Waals surface area contributed by atoms with Crippen molar-refractivity contribution in [3.63, 3.8) is 0 Å². The summed E-state index contributed by atoms with van der Waals surface area (Å²) in [6.07, 6.45) is 4.23. The smallest absolute Gasteiger partial charge is 0.185 e. The molecule has 0 unspecified atom stereocenters. The van der Waals surface area contributed by atoms with Crippen molar-refractivity contribution in [2.24, 2.45) is 5.92 Å². The number of thiazole rings is 1. The van der Waals surface area contributed by atoms with E-state index in [4.69, 9.17) is 4.98 Å². The van der Waals surface area contributed by atoms with E-state index < -0.39 is 0 Å². The van der Waals surface area contributed by atoms with Crippen LogP contribution in [0, 0.1) is 5.92 Å². The van der Waals surface area contributed by atoms with Gasteiger partial charge in [-0.3, -0.25) is 0 Å². The molecule has 1 aromatic rings. The van der Waals surface area contributed by atoms with Crippen LogP contribution in [0.5, 0.6) is 0 Å². The Morgan fingerprint density at radius 1 is 1.42 bits per heavy atom. The first-order chi connectivity index (χ1) is 9.15. The summed E-state index contributed by atoms with van der Waals surface area (Å²) in [6.45, 7) is 9.92. The molecule has 1 heterocycles. The third-order valence-corrected chi connectivity index (χ3v) is 5.09. The second-order valence-corrected chi connectivity index (χ2v) is 6.89. The summed E-state index contributed by atoms with van der Waals surface area (Å²) in [7, 11) is 2.01. The monoisotopic (exact) mass is 281 g/mol. The Morgan fingerprint density at radius 3 is 2.63 bits per heavy atom. The lowest BCUT2D eigenvalue weighted by molar-refractivity contribution is 0.318. The third kappa shape index (κ3) is 3.48. The lowest BCUT2D eigenvalue weighted by atomic mass is 9.85. The largest absolute Gasteiger partial charge is 0.348 e. The summed E-state index contributed by atoms with van der Waals surface area (Å²) in [5, 5.41) is 4.49. The van der Waals surface area contributed by atoms with Gasteiger partial charge >= 0.3 is 0 Å². The van der Waals surface area contributed by atoms with Crippen molar-refractivity contribution in [1.29, 1.82) is 0 Å². The summed E-state index contributed by atoms with van der Waals surface area (Å²) >= 11 is 1.87. The molecule has 3 nitrogen and oxygen atoms in total. The van der Waals surface area contributed by atoms with Crippen LogP contribution in [0.15, 0.2) is 0 Å². The summed E-state index contributed by atoms with van der Waals surface area (Å²) in [5.74, 6) is 1.41. The normalized spacial score (nSPS) is 15.8. The molecule has 1 N–H and O–H groups in total. The van der Waals surface area contributed by atoms with Gasteiger partial charge in [-0.1, -0.05) is 20.3 Å². The number of hydrogen-bond acceptors (Lipinski definition) is 4. The SMILES string of the molecule is CCN(CC1CCC1)c1nc(C(C)C)c(CNC)s1. The number of rotatable bonds is 7. The van der Waals surface area contributed by atoms with Gasteiger partial charge in [0.15, 0.2) is 5.13 Å². The molecule has 1 aromatic heterocycles. The maximum absolute atomic E-state index is 4.92. The van der Waals surface area contributed by atoms with Gasteiger partial charge in [-0.2, -0.15) is 0 Å². The zero-order valence-corrected chi connectivity index (χ0v) is 13.5. The van der Waals surface area contributed by atoms with Crippen LogP contribution in [0.1, 0.15) is 56.5 Å². The fraction of sp³-hybridized carbons (Fsp3) is 0.800. The molecule has 1 saturated carbocycles. The van der Waals surface area contributed by atoms with Crippen LogP contribution in [-0.4, -0.2) is 25.1 Å². The number of aromatic nitrogens is 1. The van der Waals surface area contributed by atoms with Gasteiger partial charge in [0.2, 0.25) is 0 Å². The molecule has 19 heavy (non-hydrogen) atoms. The second kappa shape index (κ2) is 6.71. The van der Waals surface area contributed by atoms with E-state index in [1.807, 2.05) is 18.4 Å². The fourth-order valence-electron chi connectivity index (χ4n) is 2.55. The Bertz CT molecular complexity index is 396.